The summed E-state index contributed by atoms with van der Waals surface area (Å²) in [5.41, 5.74) is 9.18. The Morgan fingerprint density at radius 3 is 2.52 bits per heavy atom. The molecule has 0 heterocycles. The Kier molecular flexibility index (Phi) is 5.78. The fourth-order valence-electron chi connectivity index (χ4n) is 2.26. The van der Waals surface area contributed by atoms with E-state index in [4.69, 9.17) is 10.5 Å². The summed E-state index contributed by atoms with van der Waals surface area (Å²) >= 11 is 0. The Hall–Kier alpha value is -1.84. The van der Waals surface area contributed by atoms with E-state index in [1.165, 1.54) is 11.1 Å². The number of nitrogens with two attached hydrogens (primary N) is 1. The lowest BCUT2D eigenvalue weighted by atomic mass is 9.96. The summed E-state index contributed by atoms with van der Waals surface area (Å²) in [5, 5.41) is 9.24. The SMILES string of the molecule is Cc1cc(OCc2ccccc2)ccc1CC(CN)CO. The van der Waals surface area contributed by atoms with Crippen molar-refractivity contribution >= 4 is 0 Å². The molecule has 1 unspecified atom stereocenters. The van der Waals surface area contributed by atoms with Crippen LogP contribution in [0.2, 0.25) is 0 Å². The molecule has 112 valence electrons. The quantitative estimate of drug-likeness (QED) is 0.822. The first-order chi connectivity index (χ1) is 10.2. The lowest BCUT2D eigenvalue weighted by molar-refractivity contribution is 0.229. The van der Waals surface area contributed by atoms with Gasteiger partial charge in [0.05, 0.1) is 0 Å². The van der Waals surface area contributed by atoms with Crippen LogP contribution in [0, 0.1) is 12.8 Å². The average Bonchev–Trinajstić information content (AvgIpc) is 2.53. The second-order valence-corrected chi connectivity index (χ2v) is 5.35. The third kappa shape index (κ3) is 4.59. The molecule has 0 aliphatic heterocycles. The van der Waals surface area contributed by atoms with Crippen molar-refractivity contribution in [2.75, 3.05) is 13.2 Å². The van der Waals surface area contributed by atoms with Crippen LogP contribution in [0.25, 0.3) is 0 Å². The normalized spacial score (nSPS) is 12.1. The van der Waals surface area contributed by atoms with E-state index in [0.717, 1.165) is 17.7 Å². The molecule has 2 aromatic carbocycles. The van der Waals surface area contributed by atoms with Gasteiger partial charge in [0.1, 0.15) is 12.4 Å². The Morgan fingerprint density at radius 2 is 1.90 bits per heavy atom. The smallest absolute Gasteiger partial charge is 0.120 e. The molecule has 0 aliphatic rings. The monoisotopic (exact) mass is 285 g/mol. The third-order valence-corrected chi connectivity index (χ3v) is 3.66. The molecule has 0 saturated carbocycles. The highest BCUT2D eigenvalue weighted by Gasteiger charge is 2.09. The van der Waals surface area contributed by atoms with Gasteiger partial charge in [-0.2, -0.15) is 0 Å². The van der Waals surface area contributed by atoms with Gasteiger partial charge in [-0.3, -0.25) is 0 Å². The van der Waals surface area contributed by atoms with Gasteiger partial charge in [-0.15, -0.1) is 0 Å². The molecule has 2 aromatic rings. The highest BCUT2D eigenvalue weighted by atomic mass is 16.5. The molecule has 0 aliphatic carbocycles. The molecule has 0 spiro atoms. The van der Waals surface area contributed by atoms with E-state index in [1.54, 1.807) is 0 Å². The van der Waals surface area contributed by atoms with Gasteiger partial charge in [0.25, 0.3) is 0 Å². The van der Waals surface area contributed by atoms with Crippen molar-refractivity contribution in [1.29, 1.82) is 0 Å². The molecule has 0 radical (unpaired) electrons. The largest absolute Gasteiger partial charge is 0.489 e. The van der Waals surface area contributed by atoms with Gasteiger partial charge < -0.3 is 15.6 Å². The topological polar surface area (TPSA) is 55.5 Å². The zero-order valence-electron chi connectivity index (χ0n) is 12.5. The van der Waals surface area contributed by atoms with Crippen molar-refractivity contribution in [3.63, 3.8) is 0 Å². The summed E-state index contributed by atoms with van der Waals surface area (Å²) in [6.45, 7) is 3.27. The number of aliphatic hydroxyl groups is 1. The van der Waals surface area contributed by atoms with Crippen molar-refractivity contribution in [3.05, 3.63) is 65.2 Å². The standard InChI is InChI=1S/C18H23NO2/c1-14-9-18(21-13-15-5-3-2-4-6-15)8-7-17(14)10-16(11-19)12-20/h2-9,16,20H,10-13,19H2,1H3. The van der Waals surface area contributed by atoms with Crippen molar-refractivity contribution in [3.8, 4) is 5.75 Å². The molecular weight excluding hydrogens is 262 g/mol. The van der Waals surface area contributed by atoms with Crippen LogP contribution in [0.1, 0.15) is 16.7 Å². The average molecular weight is 285 g/mol. The molecule has 0 bridgehead atoms. The maximum absolute atomic E-state index is 9.24. The lowest BCUT2D eigenvalue weighted by Gasteiger charge is -2.14. The number of aliphatic hydroxyl groups excluding tert-OH is 1. The first-order valence-corrected chi connectivity index (χ1v) is 7.30. The van der Waals surface area contributed by atoms with Crippen LogP contribution in [0.15, 0.2) is 48.5 Å². The summed E-state index contributed by atoms with van der Waals surface area (Å²) in [6, 6.07) is 16.2. The van der Waals surface area contributed by atoms with Gasteiger partial charge in [0.15, 0.2) is 0 Å². The fourth-order valence-corrected chi connectivity index (χ4v) is 2.26. The molecular formula is C18H23NO2. The van der Waals surface area contributed by atoms with Crippen molar-refractivity contribution in [2.24, 2.45) is 11.7 Å². The van der Waals surface area contributed by atoms with E-state index >= 15 is 0 Å². The Balaban J connectivity index is 1.98. The summed E-state index contributed by atoms with van der Waals surface area (Å²) in [6.07, 6.45) is 0.803. The molecule has 3 heteroatoms. The van der Waals surface area contributed by atoms with E-state index in [9.17, 15) is 5.11 Å². The van der Waals surface area contributed by atoms with E-state index in [0.29, 0.717) is 13.2 Å². The number of rotatable bonds is 7. The Bertz CT molecular complexity index is 550. The molecule has 3 N–H and O–H groups in total. The number of hydrogen-bond acceptors (Lipinski definition) is 3. The predicted molar refractivity (Wildman–Crippen MR) is 85.3 cm³/mol. The highest BCUT2D eigenvalue weighted by molar-refractivity contribution is 5.35. The third-order valence-electron chi connectivity index (χ3n) is 3.66. The highest BCUT2D eigenvalue weighted by Crippen LogP contribution is 2.20. The van der Waals surface area contributed by atoms with Gasteiger partial charge in [-0.1, -0.05) is 36.4 Å². The minimum Gasteiger partial charge on any atom is -0.489 e. The van der Waals surface area contributed by atoms with Gasteiger partial charge in [0, 0.05) is 6.61 Å². The number of ether oxygens (including phenoxy) is 1. The Morgan fingerprint density at radius 1 is 1.14 bits per heavy atom. The molecule has 0 fully saturated rings. The summed E-state index contributed by atoms with van der Waals surface area (Å²) < 4.78 is 5.81. The molecule has 0 saturated heterocycles. The molecule has 2 rings (SSSR count). The van der Waals surface area contributed by atoms with Crippen LogP contribution in [-0.2, 0) is 13.0 Å². The molecule has 0 amide bonds. The minimum atomic E-state index is 0.125. The Labute approximate surface area is 126 Å². The van der Waals surface area contributed by atoms with E-state index in [2.05, 4.69) is 13.0 Å². The first-order valence-electron chi connectivity index (χ1n) is 7.30. The van der Waals surface area contributed by atoms with Gasteiger partial charge in [0.2, 0.25) is 0 Å². The van der Waals surface area contributed by atoms with Crippen LogP contribution in [0.5, 0.6) is 5.75 Å². The summed E-state index contributed by atoms with van der Waals surface area (Å²) in [5.74, 6) is 0.994. The second kappa shape index (κ2) is 7.81. The van der Waals surface area contributed by atoms with Crippen molar-refractivity contribution in [1.82, 2.24) is 0 Å². The van der Waals surface area contributed by atoms with Gasteiger partial charge in [-0.25, -0.2) is 0 Å². The zero-order valence-corrected chi connectivity index (χ0v) is 12.5. The van der Waals surface area contributed by atoms with Crippen LogP contribution < -0.4 is 10.5 Å². The van der Waals surface area contributed by atoms with Crippen LogP contribution in [0.3, 0.4) is 0 Å². The van der Waals surface area contributed by atoms with E-state index in [-0.39, 0.29) is 12.5 Å². The predicted octanol–water partition coefficient (Wildman–Crippen LogP) is 2.68. The number of aryl methyl sites for hydroxylation is 1. The minimum absolute atomic E-state index is 0.125. The maximum atomic E-state index is 9.24. The van der Waals surface area contributed by atoms with E-state index < -0.39 is 0 Å². The van der Waals surface area contributed by atoms with Gasteiger partial charge >= 0.3 is 0 Å². The fraction of sp³-hybridized carbons (Fsp3) is 0.333. The maximum Gasteiger partial charge on any atom is 0.120 e. The number of benzene rings is 2. The summed E-state index contributed by atoms with van der Waals surface area (Å²) in [7, 11) is 0. The van der Waals surface area contributed by atoms with Crippen LogP contribution in [0.4, 0.5) is 0 Å². The lowest BCUT2D eigenvalue weighted by Crippen LogP contribution is -2.20. The first kappa shape index (κ1) is 15.5. The number of hydrogen-bond donors (Lipinski definition) is 2. The molecule has 0 aromatic heterocycles. The van der Waals surface area contributed by atoms with Crippen LogP contribution >= 0.6 is 0 Å². The molecule has 3 nitrogen and oxygen atoms in total. The second-order valence-electron chi connectivity index (χ2n) is 5.35. The van der Waals surface area contributed by atoms with Gasteiger partial charge in [-0.05, 0) is 54.6 Å². The zero-order chi connectivity index (χ0) is 15.1. The molecule has 1 atom stereocenters. The van der Waals surface area contributed by atoms with Crippen LogP contribution in [-0.4, -0.2) is 18.3 Å². The molecule has 21 heavy (non-hydrogen) atoms. The van der Waals surface area contributed by atoms with Crippen molar-refractivity contribution < 1.29 is 9.84 Å². The van der Waals surface area contributed by atoms with E-state index in [1.807, 2.05) is 42.5 Å². The van der Waals surface area contributed by atoms with Crippen molar-refractivity contribution in [2.45, 2.75) is 20.0 Å². The summed E-state index contributed by atoms with van der Waals surface area (Å²) in [4.78, 5) is 0.